The molecule has 0 aromatic carbocycles. The van der Waals surface area contributed by atoms with Gasteiger partial charge in [-0.05, 0) is 25.8 Å². The third-order valence-electron chi connectivity index (χ3n) is 2.56. The first-order chi connectivity index (χ1) is 7.38. The zero-order chi connectivity index (χ0) is 10.5. The Morgan fingerprint density at radius 2 is 2.47 bits per heavy atom. The van der Waals surface area contributed by atoms with Crippen LogP contribution in [-0.2, 0) is 17.7 Å². The molecular weight excluding hydrogens is 194 g/mol. The molecule has 2 heterocycles. The van der Waals surface area contributed by atoms with Gasteiger partial charge in [-0.1, -0.05) is 5.16 Å². The molecule has 2 rings (SSSR count). The lowest BCUT2D eigenvalue weighted by Crippen LogP contribution is -2.19. The van der Waals surface area contributed by atoms with Crippen LogP contribution in [0.4, 0.5) is 0 Å². The zero-order valence-electron chi connectivity index (χ0n) is 9.03. The van der Waals surface area contributed by atoms with Gasteiger partial charge in [0.2, 0.25) is 5.89 Å². The third-order valence-corrected chi connectivity index (χ3v) is 2.56. The highest BCUT2D eigenvalue weighted by atomic mass is 16.5. The van der Waals surface area contributed by atoms with Crippen LogP contribution >= 0.6 is 0 Å². The van der Waals surface area contributed by atoms with E-state index in [9.17, 15) is 0 Å². The fraction of sp³-hybridized carbons (Fsp3) is 0.800. The summed E-state index contributed by atoms with van der Waals surface area (Å²) in [6.45, 7) is 2.36. The molecule has 0 saturated carbocycles. The van der Waals surface area contributed by atoms with Crippen LogP contribution < -0.4 is 5.32 Å². The molecule has 0 bridgehead atoms. The molecule has 1 unspecified atom stereocenters. The van der Waals surface area contributed by atoms with Gasteiger partial charge in [-0.25, -0.2) is 0 Å². The lowest BCUT2D eigenvalue weighted by molar-refractivity contribution is 0.0541. The van der Waals surface area contributed by atoms with Crippen molar-refractivity contribution in [2.24, 2.45) is 5.92 Å². The fourth-order valence-corrected chi connectivity index (χ4v) is 1.82. The second-order valence-electron chi connectivity index (χ2n) is 3.92. The number of hydrogen-bond acceptors (Lipinski definition) is 5. The summed E-state index contributed by atoms with van der Waals surface area (Å²) < 4.78 is 10.5. The zero-order valence-corrected chi connectivity index (χ0v) is 9.03. The minimum atomic E-state index is 0.554. The van der Waals surface area contributed by atoms with E-state index >= 15 is 0 Å². The van der Waals surface area contributed by atoms with Crippen molar-refractivity contribution in [2.75, 3.05) is 20.3 Å². The van der Waals surface area contributed by atoms with E-state index in [4.69, 9.17) is 9.26 Å². The van der Waals surface area contributed by atoms with Crippen molar-refractivity contribution < 1.29 is 9.26 Å². The van der Waals surface area contributed by atoms with Crippen molar-refractivity contribution in [3.8, 4) is 0 Å². The van der Waals surface area contributed by atoms with Crippen LogP contribution in [0.15, 0.2) is 4.52 Å². The van der Waals surface area contributed by atoms with Gasteiger partial charge < -0.3 is 14.6 Å². The number of aromatic nitrogens is 2. The molecule has 1 atom stereocenters. The molecule has 1 aromatic rings. The van der Waals surface area contributed by atoms with Crippen LogP contribution in [0.2, 0.25) is 0 Å². The summed E-state index contributed by atoms with van der Waals surface area (Å²) in [6, 6.07) is 0. The highest BCUT2D eigenvalue weighted by molar-refractivity contribution is 4.88. The summed E-state index contributed by atoms with van der Waals surface area (Å²) in [5, 5.41) is 6.93. The smallest absolute Gasteiger partial charge is 0.240 e. The quantitative estimate of drug-likeness (QED) is 0.796. The molecule has 1 fully saturated rings. The van der Waals surface area contributed by atoms with Crippen molar-refractivity contribution >= 4 is 0 Å². The number of rotatable bonds is 4. The summed E-state index contributed by atoms with van der Waals surface area (Å²) in [6.07, 6.45) is 3.22. The maximum Gasteiger partial charge on any atom is 0.240 e. The second kappa shape index (κ2) is 5.23. The van der Waals surface area contributed by atoms with E-state index in [-0.39, 0.29) is 0 Å². The Kier molecular flexibility index (Phi) is 3.69. The number of nitrogens with one attached hydrogen (secondary N) is 1. The Morgan fingerprint density at radius 3 is 3.20 bits per heavy atom. The van der Waals surface area contributed by atoms with E-state index in [0.29, 0.717) is 18.4 Å². The minimum Gasteiger partial charge on any atom is -0.381 e. The maximum atomic E-state index is 5.41. The van der Waals surface area contributed by atoms with Crippen LogP contribution in [0.5, 0.6) is 0 Å². The van der Waals surface area contributed by atoms with E-state index in [1.807, 2.05) is 7.05 Å². The Balaban J connectivity index is 1.86. The van der Waals surface area contributed by atoms with Gasteiger partial charge in [0.15, 0.2) is 5.82 Å². The SMILES string of the molecule is CNCc1nc(CC2CCCOC2)no1. The van der Waals surface area contributed by atoms with Gasteiger partial charge in [-0.3, -0.25) is 0 Å². The van der Waals surface area contributed by atoms with E-state index in [1.165, 1.54) is 6.42 Å². The maximum absolute atomic E-state index is 5.41. The lowest BCUT2D eigenvalue weighted by atomic mass is 9.98. The van der Waals surface area contributed by atoms with Crippen LogP contribution in [0, 0.1) is 5.92 Å². The van der Waals surface area contributed by atoms with Gasteiger partial charge in [0, 0.05) is 19.6 Å². The average molecular weight is 211 g/mol. The third kappa shape index (κ3) is 3.00. The first-order valence-corrected chi connectivity index (χ1v) is 5.42. The summed E-state index contributed by atoms with van der Waals surface area (Å²) in [7, 11) is 1.86. The van der Waals surface area contributed by atoms with Crippen LogP contribution in [-0.4, -0.2) is 30.4 Å². The summed E-state index contributed by atoms with van der Waals surface area (Å²) in [5.41, 5.74) is 0. The first kappa shape index (κ1) is 10.6. The summed E-state index contributed by atoms with van der Waals surface area (Å²) >= 11 is 0. The topological polar surface area (TPSA) is 60.2 Å². The molecule has 0 amide bonds. The van der Waals surface area contributed by atoms with E-state index in [1.54, 1.807) is 0 Å². The van der Waals surface area contributed by atoms with Gasteiger partial charge in [0.1, 0.15) is 0 Å². The van der Waals surface area contributed by atoms with Crippen molar-refractivity contribution in [3.05, 3.63) is 11.7 Å². The number of nitrogens with zero attached hydrogens (tertiary/aromatic N) is 2. The Labute approximate surface area is 89.2 Å². The van der Waals surface area contributed by atoms with Crippen molar-refractivity contribution in [1.82, 2.24) is 15.5 Å². The summed E-state index contributed by atoms with van der Waals surface area (Å²) in [4.78, 5) is 4.30. The molecule has 1 aliphatic heterocycles. The standard InChI is InChI=1S/C10H17N3O2/c1-11-6-10-12-9(13-15-10)5-8-3-2-4-14-7-8/h8,11H,2-7H2,1H3. The Bertz CT molecular complexity index is 295. The van der Waals surface area contributed by atoms with Gasteiger partial charge in [-0.15, -0.1) is 0 Å². The van der Waals surface area contributed by atoms with Gasteiger partial charge in [0.25, 0.3) is 0 Å². The van der Waals surface area contributed by atoms with Crippen LogP contribution in [0.25, 0.3) is 0 Å². The van der Waals surface area contributed by atoms with E-state index in [0.717, 1.165) is 31.9 Å². The van der Waals surface area contributed by atoms with Crippen molar-refractivity contribution in [3.63, 3.8) is 0 Å². The second-order valence-corrected chi connectivity index (χ2v) is 3.92. The number of hydrogen-bond donors (Lipinski definition) is 1. The van der Waals surface area contributed by atoms with Gasteiger partial charge in [-0.2, -0.15) is 4.98 Å². The average Bonchev–Trinajstić information content (AvgIpc) is 2.68. The van der Waals surface area contributed by atoms with Crippen LogP contribution in [0.3, 0.4) is 0 Å². The predicted octanol–water partition coefficient (Wildman–Crippen LogP) is 0.758. The van der Waals surface area contributed by atoms with Gasteiger partial charge in [0.05, 0.1) is 6.54 Å². The highest BCUT2D eigenvalue weighted by Crippen LogP contribution is 2.17. The molecule has 1 aliphatic rings. The molecule has 1 aromatic heterocycles. The molecule has 1 N–H and O–H groups in total. The molecule has 0 aliphatic carbocycles. The molecule has 1 saturated heterocycles. The summed E-state index contributed by atoms with van der Waals surface area (Å²) in [5.74, 6) is 2.01. The first-order valence-electron chi connectivity index (χ1n) is 5.42. The molecule has 15 heavy (non-hydrogen) atoms. The molecule has 5 heteroatoms. The molecular formula is C10H17N3O2. The van der Waals surface area contributed by atoms with E-state index in [2.05, 4.69) is 15.5 Å². The fourth-order valence-electron chi connectivity index (χ4n) is 1.82. The molecule has 84 valence electrons. The minimum absolute atomic E-state index is 0.554. The van der Waals surface area contributed by atoms with Crippen molar-refractivity contribution in [2.45, 2.75) is 25.8 Å². The van der Waals surface area contributed by atoms with E-state index < -0.39 is 0 Å². The number of ether oxygens (including phenoxy) is 1. The van der Waals surface area contributed by atoms with Crippen molar-refractivity contribution in [1.29, 1.82) is 0 Å². The molecule has 5 nitrogen and oxygen atoms in total. The lowest BCUT2D eigenvalue weighted by Gasteiger charge is -2.20. The normalized spacial score (nSPS) is 21.8. The molecule has 0 radical (unpaired) electrons. The predicted molar refractivity (Wildman–Crippen MR) is 54.3 cm³/mol. The Hall–Kier alpha value is -0.940. The Morgan fingerprint density at radius 1 is 1.53 bits per heavy atom. The molecule has 0 spiro atoms. The monoisotopic (exact) mass is 211 g/mol. The largest absolute Gasteiger partial charge is 0.381 e. The highest BCUT2D eigenvalue weighted by Gasteiger charge is 2.17. The van der Waals surface area contributed by atoms with Crippen LogP contribution in [0.1, 0.15) is 24.6 Å². The van der Waals surface area contributed by atoms with Gasteiger partial charge >= 0.3 is 0 Å².